The highest BCUT2D eigenvalue weighted by Crippen LogP contribution is 2.36. The van der Waals surface area contributed by atoms with Gasteiger partial charge in [0.1, 0.15) is 0 Å². The average Bonchev–Trinajstić information content (AvgIpc) is 1.92. The minimum atomic E-state index is -2.55. The Bertz CT molecular complexity index is 172. The number of morpholine rings is 1. The number of hydrogen-bond donors (Lipinski definition) is 1. The molecule has 0 amide bonds. The van der Waals surface area contributed by atoms with Crippen LogP contribution in [0.4, 0.5) is 8.78 Å². The number of rotatable bonds is 0. The molecule has 12 heavy (non-hydrogen) atoms. The number of nitrogens with zero attached hydrogens (tertiary/aromatic N) is 1. The molecule has 0 aromatic carbocycles. The zero-order valence-corrected chi connectivity index (χ0v) is 6.67. The molecule has 5 heteroatoms. The van der Waals surface area contributed by atoms with Crippen LogP contribution < -0.4 is 5.84 Å². The molecule has 2 N–H and O–H groups in total. The third kappa shape index (κ3) is 1.32. The van der Waals surface area contributed by atoms with Crippen LogP contribution in [0, 0.1) is 0 Å². The molecule has 2 atom stereocenters. The van der Waals surface area contributed by atoms with E-state index in [1.165, 1.54) is 5.01 Å². The maximum absolute atomic E-state index is 13.0. The van der Waals surface area contributed by atoms with E-state index >= 15 is 0 Å². The van der Waals surface area contributed by atoms with Gasteiger partial charge in [-0.05, 0) is 0 Å². The summed E-state index contributed by atoms with van der Waals surface area (Å²) in [4.78, 5) is 0. The van der Waals surface area contributed by atoms with E-state index in [1.807, 2.05) is 0 Å². The highest BCUT2D eigenvalue weighted by Gasteiger charge is 2.46. The van der Waals surface area contributed by atoms with Crippen LogP contribution in [0.3, 0.4) is 0 Å². The first kappa shape index (κ1) is 8.34. The maximum atomic E-state index is 13.0. The van der Waals surface area contributed by atoms with Crippen LogP contribution in [0.25, 0.3) is 0 Å². The van der Waals surface area contributed by atoms with Crippen LogP contribution in [0.1, 0.15) is 12.8 Å². The molecule has 0 radical (unpaired) electrons. The van der Waals surface area contributed by atoms with E-state index < -0.39 is 5.92 Å². The fraction of sp³-hybridized carbons (Fsp3) is 1.00. The first-order valence-corrected chi connectivity index (χ1v) is 4.07. The molecular weight excluding hydrogens is 166 g/mol. The number of alkyl halides is 2. The predicted octanol–water partition coefficient (Wildman–Crippen LogP) is 0.359. The van der Waals surface area contributed by atoms with Crippen LogP contribution in [0.5, 0.6) is 0 Å². The lowest BCUT2D eigenvalue weighted by molar-refractivity contribution is -0.161. The normalized spacial score (nSPS) is 41.2. The van der Waals surface area contributed by atoms with Gasteiger partial charge >= 0.3 is 0 Å². The van der Waals surface area contributed by atoms with Crippen molar-refractivity contribution >= 4 is 0 Å². The first-order valence-electron chi connectivity index (χ1n) is 4.07. The van der Waals surface area contributed by atoms with E-state index in [-0.39, 0.29) is 24.9 Å². The Hall–Kier alpha value is -0.260. The van der Waals surface area contributed by atoms with Crippen LogP contribution >= 0.6 is 0 Å². The summed E-state index contributed by atoms with van der Waals surface area (Å²) in [7, 11) is 0. The maximum Gasteiger partial charge on any atom is 0.251 e. The number of fused-ring (bicyclic) bond motifs is 2. The lowest BCUT2D eigenvalue weighted by Crippen LogP contribution is -2.62. The van der Waals surface area contributed by atoms with E-state index in [1.54, 1.807) is 0 Å². The fourth-order valence-electron chi connectivity index (χ4n) is 1.91. The molecule has 2 unspecified atom stereocenters. The molecule has 0 saturated carbocycles. The number of nitrogens with two attached hydrogens (primary N) is 1. The highest BCUT2D eigenvalue weighted by molar-refractivity contribution is 4.92. The van der Waals surface area contributed by atoms with Gasteiger partial charge in [-0.2, -0.15) is 0 Å². The number of hydrogen-bond acceptors (Lipinski definition) is 3. The second-order valence-corrected chi connectivity index (χ2v) is 3.56. The summed E-state index contributed by atoms with van der Waals surface area (Å²) in [5, 5.41) is 1.53. The number of piperidine rings is 1. The number of ether oxygens (including phenoxy) is 1. The van der Waals surface area contributed by atoms with Gasteiger partial charge in [-0.15, -0.1) is 0 Å². The molecular formula is C7H12F2N2O. The Balaban J connectivity index is 2.12. The van der Waals surface area contributed by atoms with Crippen molar-refractivity contribution in [3.05, 3.63) is 0 Å². The molecule has 3 nitrogen and oxygen atoms in total. The Kier molecular flexibility index (Phi) is 1.82. The largest absolute Gasteiger partial charge is 0.378 e. The summed E-state index contributed by atoms with van der Waals surface area (Å²) in [6.45, 7) is 0.672. The van der Waals surface area contributed by atoms with Crippen LogP contribution in [0.15, 0.2) is 0 Å². The van der Waals surface area contributed by atoms with E-state index in [0.717, 1.165) is 0 Å². The Morgan fingerprint density at radius 1 is 1.25 bits per heavy atom. The van der Waals surface area contributed by atoms with Gasteiger partial charge in [0.15, 0.2) is 0 Å². The Morgan fingerprint density at radius 3 is 2.25 bits per heavy atom. The molecule has 70 valence electrons. The quantitative estimate of drug-likeness (QED) is 0.544. The SMILES string of the molecule is NN1C2COCC1CC(F)(F)C2. The summed E-state index contributed by atoms with van der Waals surface area (Å²) >= 11 is 0. The molecule has 0 spiro atoms. The molecule has 2 saturated heterocycles. The summed E-state index contributed by atoms with van der Waals surface area (Å²) in [5.74, 6) is 3.08. The third-order valence-corrected chi connectivity index (χ3v) is 2.53. The Morgan fingerprint density at radius 2 is 1.75 bits per heavy atom. The van der Waals surface area contributed by atoms with E-state index in [9.17, 15) is 8.78 Å². The third-order valence-electron chi connectivity index (χ3n) is 2.53. The fourth-order valence-corrected chi connectivity index (χ4v) is 1.91. The van der Waals surface area contributed by atoms with Gasteiger partial charge in [0, 0.05) is 12.8 Å². The standard InChI is InChI=1S/C7H12F2N2O/c8-7(9)1-5-3-12-4-6(2-7)11(5)10/h5-6H,1-4,10H2. The van der Waals surface area contributed by atoms with Gasteiger partial charge in [0.2, 0.25) is 0 Å². The van der Waals surface area contributed by atoms with Gasteiger partial charge in [-0.25, -0.2) is 13.8 Å². The van der Waals surface area contributed by atoms with Crippen LogP contribution in [0.2, 0.25) is 0 Å². The zero-order chi connectivity index (χ0) is 8.77. The molecule has 2 rings (SSSR count). The molecule has 2 bridgehead atoms. The molecule has 0 aliphatic carbocycles. The molecule has 2 fully saturated rings. The molecule has 2 aliphatic rings. The minimum absolute atomic E-state index is 0.167. The highest BCUT2D eigenvalue weighted by atomic mass is 19.3. The van der Waals surface area contributed by atoms with E-state index in [4.69, 9.17) is 10.6 Å². The van der Waals surface area contributed by atoms with Crippen LogP contribution in [-0.2, 0) is 4.74 Å². The number of hydrazine groups is 1. The van der Waals surface area contributed by atoms with E-state index in [2.05, 4.69) is 0 Å². The molecule has 0 aromatic heterocycles. The second kappa shape index (κ2) is 2.61. The van der Waals surface area contributed by atoms with Crippen molar-refractivity contribution in [2.24, 2.45) is 5.84 Å². The molecule has 2 aliphatic heterocycles. The molecule has 2 heterocycles. The van der Waals surface area contributed by atoms with E-state index in [0.29, 0.717) is 13.2 Å². The van der Waals surface area contributed by atoms with Crippen LogP contribution in [-0.4, -0.2) is 36.2 Å². The lowest BCUT2D eigenvalue weighted by atomic mass is 9.93. The smallest absolute Gasteiger partial charge is 0.251 e. The van der Waals surface area contributed by atoms with Crippen molar-refractivity contribution in [2.45, 2.75) is 30.8 Å². The Labute approximate surface area is 69.4 Å². The molecule has 0 aromatic rings. The van der Waals surface area contributed by atoms with Crippen molar-refractivity contribution in [3.8, 4) is 0 Å². The van der Waals surface area contributed by atoms with Gasteiger partial charge in [0.05, 0.1) is 25.3 Å². The van der Waals surface area contributed by atoms with Gasteiger partial charge in [0.25, 0.3) is 5.92 Å². The summed E-state index contributed by atoms with van der Waals surface area (Å²) in [6.07, 6.45) is -0.333. The summed E-state index contributed by atoms with van der Waals surface area (Å²) in [5.41, 5.74) is 0. The average molecular weight is 178 g/mol. The van der Waals surface area contributed by atoms with Gasteiger partial charge < -0.3 is 4.74 Å². The zero-order valence-electron chi connectivity index (χ0n) is 6.67. The van der Waals surface area contributed by atoms with Crippen molar-refractivity contribution in [1.82, 2.24) is 5.01 Å². The first-order chi connectivity index (χ1) is 5.58. The summed E-state index contributed by atoms with van der Waals surface area (Å²) < 4.78 is 31.1. The topological polar surface area (TPSA) is 38.5 Å². The van der Waals surface area contributed by atoms with Crippen molar-refractivity contribution in [2.75, 3.05) is 13.2 Å². The minimum Gasteiger partial charge on any atom is -0.378 e. The van der Waals surface area contributed by atoms with Crippen molar-refractivity contribution < 1.29 is 13.5 Å². The lowest BCUT2D eigenvalue weighted by Gasteiger charge is -2.45. The second-order valence-electron chi connectivity index (χ2n) is 3.56. The predicted molar refractivity (Wildman–Crippen MR) is 38.6 cm³/mol. The monoisotopic (exact) mass is 178 g/mol. The number of halogens is 2. The van der Waals surface area contributed by atoms with Gasteiger partial charge in [-0.1, -0.05) is 0 Å². The van der Waals surface area contributed by atoms with Crippen molar-refractivity contribution in [1.29, 1.82) is 0 Å². The van der Waals surface area contributed by atoms with Crippen molar-refractivity contribution in [3.63, 3.8) is 0 Å². The summed E-state index contributed by atoms with van der Waals surface area (Å²) in [6, 6.07) is -0.597. The van der Waals surface area contributed by atoms with Gasteiger partial charge in [-0.3, -0.25) is 5.84 Å².